The zero-order valence-electron chi connectivity index (χ0n) is 9.49. The molecule has 0 atom stereocenters. The Labute approximate surface area is 97.6 Å². The average molecular weight is 247 g/mol. The van der Waals surface area contributed by atoms with Gasteiger partial charge in [-0.05, 0) is 31.2 Å². The standard InChI is InChI=1S/C10H13BF3NO2/c1-15(2)6-7-5-8(10(12,13)14)3-4-9(7)11(16)17/h3-5,16-17H,6H2,1-2H3. The van der Waals surface area contributed by atoms with Crippen molar-refractivity contribution in [1.29, 1.82) is 0 Å². The third-order valence-corrected chi connectivity index (χ3v) is 2.24. The summed E-state index contributed by atoms with van der Waals surface area (Å²) < 4.78 is 37.5. The molecule has 0 amide bonds. The van der Waals surface area contributed by atoms with E-state index in [4.69, 9.17) is 10.0 Å². The van der Waals surface area contributed by atoms with Crippen molar-refractivity contribution in [2.45, 2.75) is 12.7 Å². The second-order valence-corrected chi connectivity index (χ2v) is 4.02. The summed E-state index contributed by atoms with van der Waals surface area (Å²) in [4.78, 5) is 1.65. The number of hydrogen-bond acceptors (Lipinski definition) is 3. The molecule has 0 aliphatic heterocycles. The van der Waals surface area contributed by atoms with Crippen LogP contribution >= 0.6 is 0 Å². The quantitative estimate of drug-likeness (QED) is 0.762. The van der Waals surface area contributed by atoms with Crippen molar-refractivity contribution < 1.29 is 23.2 Å². The Kier molecular flexibility index (Phi) is 4.18. The molecule has 2 N–H and O–H groups in total. The Hall–Kier alpha value is -1.05. The number of rotatable bonds is 3. The molecule has 0 spiro atoms. The monoisotopic (exact) mass is 247 g/mol. The van der Waals surface area contributed by atoms with Crippen molar-refractivity contribution >= 4 is 12.6 Å². The molecule has 0 unspecified atom stereocenters. The van der Waals surface area contributed by atoms with Gasteiger partial charge in [-0.3, -0.25) is 0 Å². The SMILES string of the molecule is CN(C)Cc1cc(C(F)(F)F)ccc1B(O)O. The van der Waals surface area contributed by atoms with E-state index >= 15 is 0 Å². The molecule has 0 saturated heterocycles. The van der Waals surface area contributed by atoms with Crippen LogP contribution in [0.1, 0.15) is 11.1 Å². The molecule has 7 heteroatoms. The minimum Gasteiger partial charge on any atom is -0.423 e. The van der Waals surface area contributed by atoms with Gasteiger partial charge in [-0.25, -0.2) is 0 Å². The van der Waals surface area contributed by atoms with E-state index in [0.29, 0.717) is 0 Å². The normalized spacial score (nSPS) is 12.0. The van der Waals surface area contributed by atoms with Crippen LogP contribution < -0.4 is 5.46 Å². The fourth-order valence-electron chi connectivity index (χ4n) is 1.51. The van der Waals surface area contributed by atoms with Gasteiger partial charge in [-0.2, -0.15) is 13.2 Å². The lowest BCUT2D eigenvalue weighted by Crippen LogP contribution is -2.35. The maximum absolute atomic E-state index is 12.5. The van der Waals surface area contributed by atoms with Crippen LogP contribution in [0.2, 0.25) is 0 Å². The van der Waals surface area contributed by atoms with Gasteiger partial charge in [0.25, 0.3) is 0 Å². The van der Waals surface area contributed by atoms with Crippen molar-refractivity contribution in [1.82, 2.24) is 4.90 Å². The van der Waals surface area contributed by atoms with Gasteiger partial charge in [-0.15, -0.1) is 0 Å². The van der Waals surface area contributed by atoms with Crippen LogP contribution in [0.3, 0.4) is 0 Å². The summed E-state index contributed by atoms with van der Waals surface area (Å²) in [5.74, 6) is 0. The Morgan fingerprint density at radius 2 is 1.82 bits per heavy atom. The summed E-state index contributed by atoms with van der Waals surface area (Å²) in [6.07, 6.45) is -4.43. The summed E-state index contributed by atoms with van der Waals surface area (Å²) >= 11 is 0. The first-order valence-corrected chi connectivity index (χ1v) is 4.92. The zero-order valence-corrected chi connectivity index (χ0v) is 9.49. The van der Waals surface area contributed by atoms with Crippen LogP contribution in [-0.4, -0.2) is 36.2 Å². The molecule has 0 heterocycles. The minimum absolute atomic E-state index is 0.0895. The lowest BCUT2D eigenvalue weighted by Gasteiger charge is -2.16. The molecule has 0 fully saturated rings. The molecule has 0 aliphatic rings. The summed E-state index contributed by atoms with van der Waals surface area (Å²) in [7, 11) is 1.61. The molecule has 1 aromatic carbocycles. The zero-order chi connectivity index (χ0) is 13.2. The highest BCUT2D eigenvalue weighted by Gasteiger charge is 2.31. The summed E-state index contributed by atoms with van der Waals surface area (Å²) in [6, 6.07) is 2.87. The van der Waals surface area contributed by atoms with Gasteiger partial charge in [0.05, 0.1) is 5.56 Å². The van der Waals surface area contributed by atoms with E-state index in [0.717, 1.165) is 18.2 Å². The number of nitrogens with zero attached hydrogens (tertiary/aromatic N) is 1. The average Bonchev–Trinajstić information content (AvgIpc) is 2.14. The Bertz CT molecular complexity index is 394. The summed E-state index contributed by atoms with van der Waals surface area (Å²) in [5.41, 5.74) is -0.453. The minimum atomic E-state index is -4.43. The predicted octanol–water partition coefficient (Wildman–Crippen LogP) is 0.447. The van der Waals surface area contributed by atoms with E-state index in [1.54, 1.807) is 19.0 Å². The first-order valence-electron chi connectivity index (χ1n) is 4.92. The van der Waals surface area contributed by atoms with E-state index in [-0.39, 0.29) is 17.6 Å². The molecule has 0 bridgehead atoms. The molecular formula is C10H13BF3NO2. The first-order chi connectivity index (χ1) is 7.71. The van der Waals surface area contributed by atoms with Gasteiger partial charge in [0.1, 0.15) is 0 Å². The highest BCUT2D eigenvalue weighted by molar-refractivity contribution is 6.59. The van der Waals surface area contributed by atoms with Crippen molar-refractivity contribution in [3.8, 4) is 0 Å². The van der Waals surface area contributed by atoms with Crippen molar-refractivity contribution in [2.75, 3.05) is 14.1 Å². The van der Waals surface area contributed by atoms with Crippen molar-refractivity contribution in [3.05, 3.63) is 29.3 Å². The van der Waals surface area contributed by atoms with E-state index in [2.05, 4.69) is 0 Å². The van der Waals surface area contributed by atoms with Gasteiger partial charge in [0, 0.05) is 6.54 Å². The van der Waals surface area contributed by atoms with E-state index in [1.807, 2.05) is 0 Å². The van der Waals surface area contributed by atoms with Crippen LogP contribution in [0.4, 0.5) is 13.2 Å². The second-order valence-electron chi connectivity index (χ2n) is 4.02. The maximum Gasteiger partial charge on any atom is 0.488 e. The Morgan fingerprint density at radius 1 is 1.24 bits per heavy atom. The summed E-state index contributed by atoms with van der Waals surface area (Å²) in [5, 5.41) is 18.1. The van der Waals surface area contributed by atoms with Crippen LogP contribution in [0.5, 0.6) is 0 Å². The molecule has 1 rings (SSSR count). The number of hydrogen-bond donors (Lipinski definition) is 2. The predicted molar refractivity (Wildman–Crippen MR) is 58.7 cm³/mol. The molecule has 0 aliphatic carbocycles. The fraction of sp³-hybridized carbons (Fsp3) is 0.400. The first kappa shape index (κ1) is 14.0. The molecule has 1 aromatic rings. The Balaban J connectivity index is 3.19. The molecule has 0 aromatic heterocycles. The number of benzene rings is 1. The van der Waals surface area contributed by atoms with Crippen molar-refractivity contribution in [3.63, 3.8) is 0 Å². The smallest absolute Gasteiger partial charge is 0.423 e. The van der Waals surface area contributed by atoms with E-state index in [9.17, 15) is 13.2 Å². The fourth-order valence-corrected chi connectivity index (χ4v) is 1.51. The van der Waals surface area contributed by atoms with Gasteiger partial charge in [0.2, 0.25) is 0 Å². The molecule has 0 radical (unpaired) electrons. The topological polar surface area (TPSA) is 43.7 Å². The number of alkyl halides is 3. The lowest BCUT2D eigenvalue weighted by molar-refractivity contribution is -0.137. The van der Waals surface area contributed by atoms with Crippen LogP contribution in [-0.2, 0) is 12.7 Å². The molecule has 17 heavy (non-hydrogen) atoms. The summed E-state index contributed by atoms with van der Waals surface area (Å²) in [6.45, 7) is 0.205. The maximum atomic E-state index is 12.5. The van der Waals surface area contributed by atoms with E-state index in [1.165, 1.54) is 0 Å². The Morgan fingerprint density at radius 3 is 2.24 bits per heavy atom. The molecular weight excluding hydrogens is 234 g/mol. The third kappa shape index (κ3) is 3.73. The third-order valence-electron chi connectivity index (χ3n) is 2.24. The second kappa shape index (κ2) is 5.08. The van der Waals surface area contributed by atoms with Crippen LogP contribution in [0, 0.1) is 0 Å². The largest absolute Gasteiger partial charge is 0.488 e. The molecule has 94 valence electrons. The highest BCUT2D eigenvalue weighted by atomic mass is 19.4. The van der Waals surface area contributed by atoms with Gasteiger partial charge in [-0.1, -0.05) is 12.1 Å². The lowest BCUT2D eigenvalue weighted by atomic mass is 9.76. The van der Waals surface area contributed by atoms with Crippen LogP contribution in [0.25, 0.3) is 0 Å². The van der Waals surface area contributed by atoms with Gasteiger partial charge < -0.3 is 14.9 Å². The van der Waals surface area contributed by atoms with Crippen LogP contribution in [0.15, 0.2) is 18.2 Å². The highest BCUT2D eigenvalue weighted by Crippen LogP contribution is 2.29. The molecule has 0 saturated carbocycles. The van der Waals surface area contributed by atoms with Gasteiger partial charge >= 0.3 is 13.3 Å². The van der Waals surface area contributed by atoms with E-state index < -0.39 is 18.9 Å². The molecule has 3 nitrogen and oxygen atoms in total. The van der Waals surface area contributed by atoms with Gasteiger partial charge in [0.15, 0.2) is 0 Å². The van der Waals surface area contributed by atoms with Crippen molar-refractivity contribution in [2.24, 2.45) is 0 Å². The number of halogens is 3.